The zero-order valence-electron chi connectivity index (χ0n) is 9.15. The fourth-order valence-corrected chi connectivity index (χ4v) is 1.35. The molecule has 6 nitrogen and oxygen atoms in total. The van der Waals surface area contributed by atoms with Crippen LogP contribution in [0.5, 0.6) is 5.75 Å². The molecule has 0 aliphatic rings. The highest BCUT2D eigenvalue weighted by atomic mass is 16.5. The summed E-state index contributed by atoms with van der Waals surface area (Å²) in [5, 5.41) is 0. The summed E-state index contributed by atoms with van der Waals surface area (Å²) < 4.78 is 4.99. The first-order valence-corrected chi connectivity index (χ1v) is 4.64. The normalized spacial score (nSPS) is 12.3. The van der Waals surface area contributed by atoms with Gasteiger partial charge in [-0.05, 0) is 6.92 Å². The Balaban J connectivity index is 3.02. The van der Waals surface area contributed by atoms with Gasteiger partial charge in [-0.3, -0.25) is 4.79 Å². The Bertz CT molecular complexity index is 375. The second kappa shape index (κ2) is 4.79. The summed E-state index contributed by atoms with van der Waals surface area (Å²) in [6, 6.07) is 0.000735. The molecule has 84 valence electrons. The summed E-state index contributed by atoms with van der Waals surface area (Å²) >= 11 is 0. The molecule has 0 aliphatic carbocycles. The number of aromatic nitrogens is 2. The van der Waals surface area contributed by atoms with Gasteiger partial charge in [0.05, 0.1) is 13.4 Å². The fourth-order valence-electron chi connectivity index (χ4n) is 1.35. The van der Waals surface area contributed by atoms with Crippen LogP contribution in [-0.4, -0.2) is 36.7 Å². The summed E-state index contributed by atoms with van der Waals surface area (Å²) in [7, 11) is 3.25. The van der Waals surface area contributed by atoms with E-state index in [4.69, 9.17) is 10.5 Å². The predicted octanol–water partition coefficient (Wildman–Crippen LogP) is -0.438. The molecule has 1 unspecified atom stereocenters. The Morgan fingerprint density at radius 2 is 2.40 bits per heavy atom. The van der Waals surface area contributed by atoms with Crippen LogP contribution in [0.3, 0.4) is 0 Å². The van der Waals surface area contributed by atoms with E-state index in [0.29, 0.717) is 12.4 Å². The lowest BCUT2D eigenvalue weighted by molar-refractivity contribution is 0.405. The third-order valence-electron chi connectivity index (χ3n) is 1.92. The first-order chi connectivity index (χ1) is 7.06. The van der Waals surface area contributed by atoms with Crippen molar-refractivity contribution in [2.24, 2.45) is 5.73 Å². The van der Waals surface area contributed by atoms with Crippen LogP contribution in [0.15, 0.2) is 11.1 Å². The maximum atomic E-state index is 11.4. The molecule has 1 rings (SSSR count). The van der Waals surface area contributed by atoms with Crippen LogP contribution >= 0.6 is 0 Å². The van der Waals surface area contributed by atoms with Gasteiger partial charge in [-0.2, -0.15) is 0 Å². The van der Waals surface area contributed by atoms with E-state index in [1.165, 1.54) is 13.4 Å². The minimum absolute atomic E-state index is 0.000735. The van der Waals surface area contributed by atoms with E-state index in [-0.39, 0.29) is 17.4 Å². The highest BCUT2D eigenvalue weighted by molar-refractivity contribution is 5.49. The highest BCUT2D eigenvalue weighted by Crippen LogP contribution is 2.18. The molecule has 3 N–H and O–H groups in total. The smallest absolute Gasteiger partial charge is 0.295 e. The van der Waals surface area contributed by atoms with Crippen LogP contribution in [0.25, 0.3) is 0 Å². The molecule has 1 aromatic rings. The summed E-state index contributed by atoms with van der Waals surface area (Å²) in [5.74, 6) is 0.708. The van der Waals surface area contributed by atoms with Gasteiger partial charge < -0.3 is 20.4 Å². The third kappa shape index (κ3) is 2.69. The van der Waals surface area contributed by atoms with Gasteiger partial charge in [0.1, 0.15) is 0 Å². The Kier molecular flexibility index (Phi) is 3.68. The van der Waals surface area contributed by atoms with Crippen molar-refractivity contribution in [3.05, 3.63) is 16.7 Å². The van der Waals surface area contributed by atoms with Crippen molar-refractivity contribution in [1.82, 2.24) is 9.97 Å². The molecular formula is C9H16N4O2. The number of rotatable bonds is 4. The summed E-state index contributed by atoms with van der Waals surface area (Å²) in [6.07, 6.45) is 1.35. The first kappa shape index (κ1) is 11.5. The number of nitrogens with one attached hydrogen (secondary N) is 1. The maximum Gasteiger partial charge on any atom is 0.295 e. The van der Waals surface area contributed by atoms with Gasteiger partial charge >= 0.3 is 0 Å². The van der Waals surface area contributed by atoms with Crippen LogP contribution in [0.2, 0.25) is 0 Å². The van der Waals surface area contributed by atoms with E-state index in [1.807, 2.05) is 14.0 Å². The van der Waals surface area contributed by atoms with E-state index in [2.05, 4.69) is 9.97 Å². The van der Waals surface area contributed by atoms with Crippen molar-refractivity contribution in [2.45, 2.75) is 13.0 Å². The molecule has 0 spiro atoms. The minimum atomic E-state index is -0.293. The van der Waals surface area contributed by atoms with Crippen molar-refractivity contribution >= 4 is 5.82 Å². The largest absolute Gasteiger partial charge is 0.489 e. The number of methoxy groups -OCH3 is 1. The van der Waals surface area contributed by atoms with Gasteiger partial charge in [-0.25, -0.2) is 4.98 Å². The highest BCUT2D eigenvalue weighted by Gasteiger charge is 2.13. The second-order valence-electron chi connectivity index (χ2n) is 3.45. The molecule has 0 fully saturated rings. The molecule has 1 atom stereocenters. The molecule has 0 aromatic carbocycles. The lowest BCUT2D eigenvalue weighted by atomic mass is 10.3. The molecule has 15 heavy (non-hydrogen) atoms. The van der Waals surface area contributed by atoms with Crippen LogP contribution in [0.4, 0.5) is 5.82 Å². The van der Waals surface area contributed by atoms with Crippen LogP contribution in [0.1, 0.15) is 6.92 Å². The van der Waals surface area contributed by atoms with Gasteiger partial charge in [0.15, 0.2) is 5.82 Å². The van der Waals surface area contributed by atoms with Gasteiger partial charge in [0.25, 0.3) is 5.56 Å². The van der Waals surface area contributed by atoms with E-state index < -0.39 is 0 Å². The predicted molar refractivity (Wildman–Crippen MR) is 58.3 cm³/mol. The molecule has 0 saturated carbocycles. The number of ether oxygens (including phenoxy) is 1. The average Bonchev–Trinajstić information content (AvgIpc) is 2.16. The van der Waals surface area contributed by atoms with Crippen molar-refractivity contribution in [3.63, 3.8) is 0 Å². The van der Waals surface area contributed by atoms with Gasteiger partial charge in [-0.15, -0.1) is 0 Å². The van der Waals surface area contributed by atoms with Crippen LogP contribution in [0, 0.1) is 0 Å². The van der Waals surface area contributed by atoms with Crippen LogP contribution < -0.4 is 20.9 Å². The molecule has 0 aliphatic heterocycles. The number of anilines is 1. The number of hydrogen-bond acceptors (Lipinski definition) is 5. The van der Waals surface area contributed by atoms with E-state index in [0.717, 1.165) is 0 Å². The number of hydrogen-bond donors (Lipinski definition) is 2. The summed E-state index contributed by atoms with van der Waals surface area (Å²) in [5.41, 5.74) is 5.37. The molecule has 0 radical (unpaired) electrons. The SMILES string of the molecule is COc1c(N(C)CC(C)N)nc[nH]c1=O. The van der Waals surface area contributed by atoms with Gasteiger partial charge in [-0.1, -0.05) is 0 Å². The Hall–Kier alpha value is -1.56. The molecule has 1 heterocycles. The zero-order chi connectivity index (χ0) is 11.4. The van der Waals surface area contributed by atoms with Crippen LogP contribution in [-0.2, 0) is 0 Å². The van der Waals surface area contributed by atoms with Crippen molar-refractivity contribution in [3.8, 4) is 5.75 Å². The molecule has 0 saturated heterocycles. The van der Waals surface area contributed by atoms with E-state index in [1.54, 1.807) is 4.90 Å². The molecule has 0 amide bonds. The zero-order valence-corrected chi connectivity index (χ0v) is 9.15. The summed E-state index contributed by atoms with van der Waals surface area (Å²) in [6.45, 7) is 2.49. The lowest BCUT2D eigenvalue weighted by Gasteiger charge is -2.21. The van der Waals surface area contributed by atoms with Gasteiger partial charge in [0.2, 0.25) is 5.75 Å². The number of nitrogens with zero attached hydrogens (tertiary/aromatic N) is 2. The first-order valence-electron chi connectivity index (χ1n) is 4.64. The average molecular weight is 212 g/mol. The fraction of sp³-hybridized carbons (Fsp3) is 0.556. The minimum Gasteiger partial charge on any atom is -0.489 e. The molecule has 0 bridgehead atoms. The Labute approximate surface area is 88.1 Å². The van der Waals surface area contributed by atoms with Crippen molar-refractivity contribution in [2.75, 3.05) is 25.6 Å². The molecule has 6 heteroatoms. The monoisotopic (exact) mass is 212 g/mol. The van der Waals surface area contributed by atoms with Crippen molar-refractivity contribution in [1.29, 1.82) is 0 Å². The number of likely N-dealkylation sites (N-methyl/N-ethyl adjacent to an activating group) is 1. The van der Waals surface area contributed by atoms with Gasteiger partial charge in [0, 0.05) is 19.6 Å². The lowest BCUT2D eigenvalue weighted by Crippen LogP contribution is -2.34. The quantitative estimate of drug-likeness (QED) is 0.707. The van der Waals surface area contributed by atoms with E-state index in [9.17, 15) is 4.79 Å². The number of nitrogens with two attached hydrogens (primary N) is 1. The molecule has 1 aromatic heterocycles. The topological polar surface area (TPSA) is 84.2 Å². The van der Waals surface area contributed by atoms with E-state index >= 15 is 0 Å². The number of aromatic amines is 1. The standard InChI is InChI=1S/C9H16N4O2/c1-6(10)4-13(2)8-7(15-3)9(14)12-5-11-8/h5-6H,4,10H2,1-3H3,(H,11,12,14). The third-order valence-corrected chi connectivity index (χ3v) is 1.92. The Morgan fingerprint density at radius 1 is 1.73 bits per heavy atom. The van der Waals surface area contributed by atoms with Crippen molar-refractivity contribution < 1.29 is 4.74 Å². The Morgan fingerprint density at radius 3 is 2.93 bits per heavy atom. The number of H-pyrrole nitrogens is 1. The second-order valence-corrected chi connectivity index (χ2v) is 3.45. The summed E-state index contributed by atoms with van der Waals surface area (Å²) in [4.78, 5) is 19.7. The maximum absolute atomic E-state index is 11.4. The molecular weight excluding hydrogens is 196 g/mol.